The molecule has 1 atom stereocenters. The lowest BCUT2D eigenvalue weighted by molar-refractivity contribution is -0.118. The summed E-state index contributed by atoms with van der Waals surface area (Å²) < 4.78 is 26.1. The van der Waals surface area contributed by atoms with E-state index in [0.29, 0.717) is 43.7 Å². The summed E-state index contributed by atoms with van der Waals surface area (Å²) in [5, 5.41) is 14.8. The van der Waals surface area contributed by atoms with E-state index in [1.165, 1.54) is 17.2 Å². The predicted octanol–water partition coefficient (Wildman–Crippen LogP) is 1.12. The van der Waals surface area contributed by atoms with E-state index in [0.717, 1.165) is 49.2 Å². The Morgan fingerprint density at radius 1 is 1.20 bits per heavy atom. The molecule has 14 heteroatoms. The van der Waals surface area contributed by atoms with Crippen LogP contribution in [0.15, 0.2) is 12.3 Å². The van der Waals surface area contributed by atoms with Crippen LogP contribution in [-0.2, 0) is 28.9 Å². The van der Waals surface area contributed by atoms with Crippen LogP contribution < -0.4 is 20.3 Å². The number of nitrogens with one attached hydrogen (secondary N) is 2. The first kappa shape index (κ1) is 25.1. The molecule has 1 unspecified atom stereocenters. The molecule has 13 nitrogen and oxygen atoms in total. The number of benzene rings is 1. The molecule has 0 radical (unpaired) electrons. The van der Waals surface area contributed by atoms with Gasteiger partial charge in [-0.1, -0.05) is 0 Å². The molecule has 5 heterocycles. The molecule has 2 fully saturated rings. The lowest BCUT2D eigenvalue weighted by Crippen LogP contribution is -2.48. The van der Waals surface area contributed by atoms with Gasteiger partial charge in [0.25, 0.3) is 11.8 Å². The Hall–Kier alpha value is -3.91. The molecule has 1 aromatic carbocycles. The first-order valence-electron chi connectivity index (χ1n) is 13.6. The third kappa shape index (κ3) is 4.40. The minimum Gasteiger partial charge on any atom is -0.465 e. The van der Waals surface area contributed by atoms with E-state index in [1.54, 1.807) is 4.80 Å². The van der Waals surface area contributed by atoms with Crippen molar-refractivity contribution in [3.05, 3.63) is 29.2 Å². The first-order chi connectivity index (χ1) is 19.4. The van der Waals surface area contributed by atoms with Crippen molar-refractivity contribution in [1.29, 1.82) is 0 Å². The van der Waals surface area contributed by atoms with Crippen LogP contribution in [0.25, 0.3) is 11.0 Å². The topological polar surface area (TPSA) is 140 Å². The first-order valence-corrected chi connectivity index (χ1v) is 13.6. The standard InChI is InChI=1S/C26H30FN9O4/c1-28-4-7-36-32-19-10-18(27)16-8-15(9-17(16)22(19)33-36)12-34-5-2-26(3-6-34)14-35(25(38)40-26)20-11-29-24-23(30-20)31-21(37)13-39-24/h10-11,15,28H,2-9,12-14H2,1H3,(H,30,31,37). The molecule has 3 aromatic rings. The van der Waals surface area contributed by atoms with Gasteiger partial charge in [-0.05, 0) is 36.9 Å². The number of halogens is 1. The van der Waals surface area contributed by atoms with Crippen molar-refractivity contribution >= 4 is 34.7 Å². The second-order valence-electron chi connectivity index (χ2n) is 11.0. The summed E-state index contributed by atoms with van der Waals surface area (Å²) in [7, 11) is 1.88. The summed E-state index contributed by atoms with van der Waals surface area (Å²) in [6, 6.07) is 1.51. The number of likely N-dealkylation sites (tertiary alicyclic amines) is 1. The van der Waals surface area contributed by atoms with Crippen LogP contribution in [0.3, 0.4) is 0 Å². The Morgan fingerprint density at radius 3 is 2.85 bits per heavy atom. The van der Waals surface area contributed by atoms with E-state index >= 15 is 0 Å². The molecule has 1 aliphatic carbocycles. The van der Waals surface area contributed by atoms with Crippen LogP contribution in [0.2, 0.25) is 0 Å². The number of aromatic nitrogens is 5. The molecule has 40 heavy (non-hydrogen) atoms. The van der Waals surface area contributed by atoms with Gasteiger partial charge in [-0.15, -0.1) is 0 Å². The normalized spacial score (nSPS) is 21.9. The van der Waals surface area contributed by atoms with Gasteiger partial charge in [-0.25, -0.2) is 19.2 Å². The fourth-order valence-corrected chi connectivity index (χ4v) is 6.25. The second-order valence-corrected chi connectivity index (χ2v) is 11.0. The molecule has 2 saturated heterocycles. The van der Waals surface area contributed by atoms with E-state index in [2.05, 4.69) is 35.7 Å². The van der Waals surface area contributed by atoms with Gasteiger partial charge in [-0.3, -0.25) is 9.69 Å². The van der Waals surface area contributed by atoms with E-state index in [1.807, 2.05) is 7.05 Å². The number of likely N-dealkylation sites (N-methyl/N-ethyl adjacent to an activating group) is 1. The van der Waals surface area contributed by atoms with Crippen molar-refractivity contribution in [2.75, 3.05) is 56.6 Å². The summed E-state index contributed by atoms with van der Waals surface area (Å²) in [6.45, 7) is 4.00. The maximum atomic E-state index is 15.0. The Labute approximate surface area is 229 Å². The number of carbonyl (C=O) groups is 2. The van der Waals surface area contributed by atoms with Crippen LogP contribution in [-0.4, -0.2) is 93.8 Å². The van der Waals surface area contributed by atoms with Crippen molar-refractivity contribution in [1.82, 2.24) is 35.2 Å². The highest BCUT2D eigenvalue weighted by Gasteiger charge is 2.48. The average molecular weight is 552 g/mol. The van der Waals surface area contributed by atoms with E-state index in [4.69, 9.17) is 9.47 Å². The molecule has 210 valence electrons. The second kappa shape index (κ2) is 9.63. The highest BCUT2D eigenvalue weighted by Crippen LogP contribution is 2.38. The maximum absolute atomic E-state index is 15.0. The number of nitrogens with zero attached hydrogens (tertiary/aromatic N) is 7. The largest absolute Gasteiger partial charge is 0.465 e. The minimum absolute atomic E-state index is 0.114. The number of amides is 2. The maximum Gasteiger partial charge on any atom is 0.416 e. The molecule has 3 aliphatic heterocycles. The Morgan fingerprint density at radius 2 is 2.02 bits per heavy atom. The third-order valence-corrected chi connectivity index (χ3v) is 8.29. The van der Waals surface area contributed by atoms with Gasteiger partial charge in [0.1, 0.15) is 22.5 Å². The van der Waals surface area contributed by atoms with Gasteiger partial charge in [-0.2, -0.15) is 15.0 Å². The molecule has 4 aliphatic rings. The van der Waals surface area contributed by atoms with Gasteiger partial charge in [0.2, 0.25) is 0 Å². The number of rotatable bonds is 6. The molecule has 7 rings (SSSR count). The van der Waals surface area contributed by atoms with Crippen molar-refractivity contribution in [3.8, 4) is 5.88 Å². The van der Waals surface area contributed by atoms with Crippen LogP contribution in [0, 0.1) is 11.7 Å². The highest BCUT2D eigenvalue weighted by molar-refractivity contribution is 5.94. The number of carbonyl (C=O) groups excluding carboxylic acids is 2. The van der Waals surface area contributed by atoms with Crippen molar-refractivity contribution in [3.63, 3.8) is 0 Å². The number of hydrogen-bond donors (Lipinski definition) is 2. The Bertz CT molecular complexity index is 1500. The van der Waals surface area contributed by atoms with Gasteiger partial charge >= 0.3 is 6.09 Å². The molecule has 0 saturated carbocycles. The van der Waals surface area contributed by atoms with E-state index < -0.39 is 11.7 Å². The quantitative estimate of drug-likeness (QED) is 0.458. The molecule has 2 N–H and O–H groups in total. The molecule has 2 amide bonds. The van der Waals surface area contributed by atoms with Gasteiger partial charge < -0.3 is 25.0 Å². The van der Waals surface area contributed by atoms with Crippen LogP contribution >= 0.6 is 0 Å². The van der Waals surface area contributed by atoms with Crippen molar-refractivity contribution in [2.24, 2.45) is 5.92 Å². The molecular weight excluding hydrogens is 521 g/mol. The summed E-state index contributed by atoms with van der Waals surface area (Å²) in [5.74, 6) is 0.514. The SMILES string of the molecule is CNCCn1nc2cc(F)c3c(c2n1)CC(CN1CCC2(CC1)CN(c1cnc4c(n1)NC(=O)CO4)C(=O)O2)C3. The summed E-state index contributed by atoms with van der Waals surface area (Å²) in [5.41, 5.74) is 2.56. The Kier molecular flexibility index (Phi) is 6.04. The van der Waals surface area contributed by atoms with Gasteiger partial charge in [0.15, 0.2) is 18.2 Å². The Balaban J connectivity index is 0.987. The zero-order valence-corrected chi connectivity index (χ0v) is 22.2. The summed E-state index contributed by atoms with van der Waals surface area (Å²) in [4.78, 5) is 38.5. The van der Waals surface area contributed by atoms with Crippen molar-refractivity contribution in [2.45, 2.75) is 37.8 Å². The molecular formula is C26H30FN9O4. The molecule has 0 bridgehead atoms. The zero-order chi connectivity index (χ0) is 27.4. The molecule has 1 spiro atoms. The van der Waals surface area contributed by atoms with Crippen LogP contribution in [0.4, 0.5) is 20.8 Å². The van der Waals surface area contributed by atoms with Crippen LogP contribution in [0.5, 0.6) is 5.88 Å². The predicted molar refractivity (Wildman–Crippen MR) is 141 cm³/mol. The van der Waals surface area contributed by atoms with E-state index in [9.17, 15) is 14.0 Å². The highest BCUT2D eigenvalue weighted by atomic mass is 19.1. The minimum atomic E-state index is -0.603. The monoisotopic (exact) mass is 551 g/mol. The van der Waals surface area contributed by atoms with Gasteiger partial charge in [0, 0.05) is 45.1 Å². The number of ether oxygens (including phenoxy) is 2. The lowest BCUT2D eigenvalue weighted by atomic mass is 9.90. The fraction of sp³-hybridized carbons (Fsp3) is 0.538. The summed E-state index contributed by atoms with van der Waals surface area (Å²) >= 11 is 0. The third-order valence-electron chi connectivity index (χ3n) is 8.29. The fourth-order valence-electron chi connectivity index (χ4n) is 6.25. The number of piperidine rings is 1. The van der Waals surface area contributed by atoms with E-state index in [-0.39, 0.29) is 35.9 Å². The van der Waals surface area contributed by atoms with Crippen molar-refractivity contribution < 1.29 is 23.5 Å². The number of hydrogen-bond acceptors (Lipinski definition) is 10. The lowest BCUT2D eigenvalue weighted by Gasteiger charge is -2.38. The van der Waals surface area contributed by atoms with Gasteiger partial charge in [0.05, 0.1) is 19.3 Å². The number of anilines is 2. The zero-order valence-electron chi connectivity index (χ0n) is 22.2. The average Bonchev–Trinajstić information content (AvgIpc) is 3.64. The smallest absolute Gasteiger partial charge is 0.416 e. The van der Waals surface area contributed by atoms with Crippen LogP contribution in [0.1, 0.15) is 24.0 Å². The summed E-state index contributed by atoms with van der Waals surface area (Å²) in [6.07, 6.45) is 3.81. The molecule has 2 aromatic heterocycles. The number of fused-ring (bicyclic) bond motifs is 4.